The van der Waals surface area contributed by atoms with Crippen LogP contribution in [0.25, 0.3) is 0 Å². The summed E-state index contributed by atoms with van der Waals surface area (Å²) in [6, 6.07) is 14.8. The van der Waals surface area contributed by atoms with Crippen molar-refractivity contribution in [3.05, 3.63) is 71.5 Å². The molecule has 2 saturated heterocycles. The van der Waals surface area contributed by atoms with Crippen LogP contribution in [-0.4, -0.2) is 71.7 Å². The fraction of sp³-hybridized carbons (Fsp3) is 0.364. The lowest BCUT2D eigenvalue weighted by molar-refractivity contribution is -0.196. The Morgan fingerprint density at radius 2 is 1.79 bits per heavy atom. The quantitative estimate of drug-likeness (QED) is 0.832. The summed E-state index contributed by atoms with van der Waals surface area (Å²) in [5.74, 6) is -0.875. The number of halogens is 1. The monoisotopic (exact) mass is 398 g/mol. The van der Waals surface area contributed by atoms with Gasteiger partial charge in [0.05, 0.1) is 18.2 Å². The van der Waals surface area contributed by atoms with E-state index in [-0.39, 0.29) is 37.0 Å². The van der Waals surface area contributed by atoms with E-state index in [9.17, 15) is 19.1 Å². The number of amides is 2. The summed E-state index contributed by atoms with van der Waals surface area (Å²) in [5, 5.41) is 9.99. The van der Waals surface area contributed by atoms with Crippen LogP contribution in [0.3, 0.4) is 0 Å². The summed E-state index contributed by atoms with van der Waals surface area (Å²) in [7, 11) is 1.46. The first-order valence-corrected chi connectivity index (χ1v) is 9.53. The molecule has 6 nitrogen and oxygen atoms in total. The highest BCUT2D eigenvalue weighted by Crippen LogP contribution is 2.54. The molecule has 2 aromatic rings. The number of aliphatic hydroxyl groups is 1. The Morgan fingerprint density at radius 3 is 2.38 bits per heavy atom. The summed E-state index contributed by atoms with van der Waals surface area (Å²) in [4.78, 5) is 28.8. The summed E-state index contributed by atoms with van der Waals surface area (Å²) < 4.78 is 18.2. The molecule has 2 aromatic carbocycles. The van der Waals surface area contributed by atoms with E-state index in [0.717, 1.165) is 5.56 Å². The van der Waals surface area contributed by atoms with Crippen molar-refractivity contribution in [2.75, 3.05) is 33.4 Å². The Hall–Kier alpha value is -2.77. The zero-order valence-corrected chi connectivity index (χ0v) is 16.1. The second kappa shape index (κ2) is 7.57. The van der Waals surface area contributed by atoms with Gasteiger partial charge in [0.25, 0.3) is 5.91 Å². The van der Waals surface area contributed by atoms with Crippen LogP contribution in [0.2, 0.25) is 0 Å². The van der Waals surface area contributed by atoms with E-state index in [1.807, 2.05) is 30.3 Å². The minimum atomic E-state index is -0.569. The number of hydrogen-bond acceptors (Lipinski definition) is 4. The standard InChI is InChI=1S/C22H23FN2O4/c1-29-12-19(27)25-18(11-26)20(15-5-3-2-4-6-15)22(25)13-24(14-22)21(28)16-7-9-17(23)10-8-16/h2-10,18,20,26H,11-14H2,1H3/t18-,20+/m1/s1. The number of carbonyl (C=O) groups is 2. The van der Waals surface area contributed by atoms with Crippen LogP contribution < -0.4 is 0 Å². The third-order valence-corrected chi connectivity index (χ3v) is 5.97. The van der Waals surface area contributed by atoms with E-state index >= 15 is 0 Å². The average Bonchev–Trinajstić information content (AvgIpc) is 2.68. The van der Waals surface area contributed by atoms with Gasteiger partial charge >= 0.3 is 0 Å². The van der Waals surface area contributed by atoms with Gasteiger partial charge in [-0.05, 0) is 29.8 Å². The summed E-state index contributed by atoms with van der Waals surface area (Å²) in [6.45, 7) is 0.470. The molecule has 2 aliphatic heterocycles. The number of ether oxygens (including phenoxy) is 1. The lowest BCUT2D eigenvalue weighted by Gasteiger charge is -2.70. The van der Waals surface area contributed by atoms with Crippen LogP contribution in [0.5, 0.6) is 0 Å². The van der Waals surface area contributed by atoms with E-state index in [4.69, 9.17) is 4.74 Å². The second-order valence-electron chi connectivity index (χ2n) is 7.61. The molecule has 2 fully saturated rings. The highest BCUT2D eigenvalue weighted by Gasteiger charge is 2.68. The second-order valence-corrected chi connectivity index (χ2v) is 7.61. The van der Waals surface area contributed by atoms with Crippen LogP contribution >= 0.6 is 0 Å². The first-order chi connectivity index (χ1) is 14.0. The van der Waals surface area contributed by atoms with Crippen molar-refractivity contribution in [2.45, 2.75) is 17.5 Å². The van der Waals surface area contributed by atoms with Crippen molar-refractivity contribution in [1.29, 1.82) is 0 Å². The van der Waals surface area contributed by atoms with Gasteiger partial charge in [-0.2, -0.15) is 0 Å². The fourth-order valence-corrected chi connectivity index (χ4v) is 4.79. The van der Waals surface area contributed by atoms with E-state index in [1.165, 1.54) is 31.4 Å². The maximum absolute atomic E-state index is 13.2. The molecular weight excluding hydrogens is 375 g/mol. The molecule has 0 aliphatic carbocycles. The zero-order chi connectivity index (χ0) is 20.6. The highest BCUT2D eigenvalue weighted by atomic mass is 19.1. The van der Waals surface area contributed by atoms with Gasteiger partial charge in [-0.15, -0.1) is 0 Å². The maximum Gasteiger partial charge on any atom is 0.254 e. The lowest BCUT2D eigenvalue weighted by atomic mass is 9.60. The summed E-state index contributed by atoms with van der Waals surface area (Å²) >= 11 is 0. The largest absolute Gasteiger partial charge is 0.394 e. The first kappa shape index (κ1) is 19.5. The number of nitrogens with zero attached hydrogens (tertiary/aromatic N) is 2. The number of rotatable bonds is 5. The predicted molar refractivity (Wildman–Crippen MR) is 104 cm³/mol. The Morgan fingerprint density at radius 1 is 1.14 bits per heavy atom. The number of likely N-dealkylation sites (tertiary alicyclic amines) is 2. The molecule has 29 heavy (non-hydrogen) atoms. The number of hydrogen-bond donors (Lipinski definition) is 1. The first-order valence-electron chi connectivity index (χ1n) is 9.53. The molecule has 1 N–H and O–H groups in total. The number of methoxy groups -OCH3 is 1. The average molecular weight is 398 g/mol. The lowest BCUT2D eigenvalue weighted by Crippen LogP contribution is -2.86. The third kappa shape index (κ3) is 3.10. The molecule has 7 heteroatoms. The minimum absolute atomic E-state index is 0.0771. The van der Waals surface area contributed by atoms with Gasteiger partial charge in [-0.3, -0.25) is 9.59 Å². The molecule has 2 atom stereocenters. The normalized spacial score (nSPS) is 22.2. The third-order valence-electron chi connectivity index (χ3n) is 5.97. The van der Waals surface area contributed by atoms with E-state index in [0.29, 0.717) is 18.7 Å². The molecule has 0 radical (unpaired) electrons. The minimum Gasteiger partial charge on any atom is -0.394 e. The Bertz CT molecular complexity index is 897. The molecule has 152 valence electrons. The smallest absolute Gasteiger partial charge is 0.254 e. The van der Waals surface area contributed by atoms with Crippen molar-refractivity contribution in [2.24, 2.45) is 0 Å². The van der Waals surface area contributed by atoms with Gasteiger partial charge in [-0.25, -0.2) is 4.39 Å². The molecule has 2 heterocycles. The number of carbonyl (C=O) groups excluding carboxylic acids is 2. The Kier molecular flexibility index (Phi) is 5.10. The van der Waals surface area contributed by atoms with E-state index < -0.39 is 11.4 Å². The van der Waals surface area contributed by atoms with Crippen molar-refractivity contribution < 1.29 is 23.8 Å². The molecular formula is C22H23FN2O4. The molecule has 4 rings (SSSR count). The van der Waals surface area contributed by atoms with Crippen molar-refractivity contribution >= 4 is 11.8 Å². The van der Waals surface area contributed by atoms with Crippen LogP contribution in [0, 0.1) is 5.82 Å². The predicted octanol–water partition coefficient (Wildman–Crippen LogP) is 1.65. The Labute approximate surface area is 168 Å². The van der Waals surface area contributed by atoms with E-state index in [1.54, 1.807) is 9.80 Å². The van der Waals surface area contributed by atoms with Gasteiger partial charge in [0.15, 0.2) is 0 Å². The van der Waals surface area contributed by atoms with E-state index in [2.05, 4.69) is 0 Å². The summed E-state index contributed by atoms with van der Waals surface area (Å²) in [6.07, 6.45) is 0. The van der Waals surface area contributed by atoms with Crippen LogP contribution in [-0.2, 0) is 9.53 Å². The van der Waals surface area contributed by atoms with Gasteiger partial charge in [0.1, 0.15) is 12.4 Å². The molecule has 0 bridgehead atoms. The number of benzene rings is 2. The van der Waals surface area contributed by atoms with Crippen molar-refractivity contribution in [3.63, 3.8) is 0 Å². The summed E-state index contributed by atoms with van der Waals surface area (Å²) in [5.41, 5.74) is 0.868. The molecule has 2 amide bonds. The maximum atomic E-state index is 13.2. The fourth-order valence-electron chi connectivity index (χ4n) is 4.79. The molecule has 0 saturated carbocycles. The van der Waals surface area contributed by atoms with Crippen LogP contribution in [0.15, 0.2) is 54.6 Å². The number of aliphatic hydroxyl groups excluding tert-OH is 1. The molecule has 0 unspecified atom stereocenters. The van der Waals surface area contributed by atoms with Gasteiger partial charge in [-0.1, -0.05) is 30.3 Å². The van der Waals surface area contributed by atoms with Gasteiger partial charge < -0.3 is 19.6 Å². The molecule has 1 spiro atoms. The zero-order valence-electron chi connectivity index (χ0n) is 16.1. The van der Waals surface area contributed by atoms with Crippen LogP contribution in [0.4, 0.5) is 4.39 Å². The topological polar surface area (TPSA) is 70.1 Å². The van der Waals surface area contributed by atoms with Crippen LogP contribution in [0.1, 0.15) is 21.8 Å². The molecule has 0 aromatic heterocycles. The Balaban J connectivity index is 1.60. The van der Waals surface area contributed by atoms with Gasteiger partial charge in [0, 0.05) is 31.7 Å². The van der Waals surface area contributed by atoms with Crippen molar-refractivity contribution in [1.82, 2.24) is 9.80 Å². The highest BCUT2D eigenvalue weighted by molar-refractivity contribution is 5.95. The SMILES string of the molecule is COCC(=O)N1[C@H](CO)[C@H](c2ccccc2)C12CN(C(=O)c1ccc(F)cc1)C2. The molecule has 2 aliphatic rings. The van der Waals surface area contributed by atoms with Crippen molar-refractivity contribution in [3.8, 4) is 0 Å². The van der Waals surface area contributed by atoms with Gasteiger partial charge in [0.2, 0.25) is 5.91 Å².